The van der Waals surface area contributed by atoms with E-state index in [0.717, 1.165) is 5.56 Å². The largest absolute Gasteiger partial charge is 0.485 e. The molecule has 1 aromatic heterocycles. The fourth-order valence-electron chi connectivity index (χ4n) is 1.62. The number of rotatable bonds is 8. The van der Waals surface area contributed by atoms with Crippen molar-refractivity contribution in [2.24, 2.45) is 0 Å². The molecule has 6 nitrogen and oxygen atoms in total. The van der Waals surface area contributed by atoms with E-state index in [1.165, 1.54) is 18.5 Å². The fraction of sp³-hybridized carbons (Fsp3) is 0.385. The highest BCUT2D eigenvalue weighted by molar-refractivity contribution is 5.34. The number of methoxy groups -OCH3 is 1. The summed E-state index contributed by atoms with van der Waals surface area (Å²) in [7, 11) is 1.63. The summed E-state index contributed by atoms with van der Waals surface area (Å²) < 4.78 is 28.4. The zero-order chi connectivity index (χ0) is 14.2. The summed E-state index contributed by atoms with van der Waals surface area (Å²) in [6.07, 6.45) is 1.23. The van der Waals surface area contributed by atoms with Crippen LogP contribution in [0.3, 0.4) is 0 Å². The summed E-state index contributed by atoms with van der Waals surface area (Å²) in [6, 6.07) is 4.37. The van der Waals surface area contributed by atoms with Crippen LogP contribution in [0.25, 0.3) is 0 Å². The number of halogens is 1. The minimum Gasteiger partial charge on any atom is -0.485 e. The maximum absolute atomic E-state index is 13.3. The molecular weight excluding hydrogens is 265 g/mol. The van der Waals surface area contributed by atoms with Gasteiger partial charge in [-0.05, 0) is 18.2 Å². The number of nitrogens with one attached hydrogen (secondary N) is 1. The SMILES string of the molecule is COCCNCc1cc(F)ccc1OCc1ncon1. The number of aromatic nitrogens is 2. The molecule has 2 rings (SSSR count). The number of benzene rings is 1. The molecule has 1 aromatic carbocycles. The lowest BCUT2D eigenvalue weighted by molar-refractivity contribution is 0.199. The second kappa shape index (κ2) is 7.56. The topological polar surface area (TPSA) is 69.4 Å². The number of hydrogen-bond acceptors (Lipinski definition) is 6. The first-order valence-corrected chi connectivity index (χ1v) is 6.15. The molecule has 0 aliphatic rings. The Labute approximate surface area is 115 Å². The first kappa shape index (κ1) is 14.4. The maximum atomic E-state index is 13.3. The Morgan fingerprint density at radius 1 is 1.40 bits per heavy atom. The van der Waals surface area contributed by atoms with Gasteiger partial charge in [-0.3, -0.25) is 0 Å². The van der Waals surface area contributed by atoms with Crippen LogP contribution in [0.4, 0.5) is 4.39 Å². The fourth-order valence-corrected chi connectivity index (χ4v) is 1.62. The molecule has 1 heterocycles. The van der Waals surface area contributed by atoms with E-state index >= 15 is 0 Å². The van der Waals surface area contributed by atoms with Gasteiger partial charge in [0.2, 0.25) is 12.2 Å². The van der Waals surface area contributed by atoms with Crippen LogP contribution in [0.5, 0.6) is 5.75 Å². The third kappa shape index (κ3) is 4.29. The number of ether oxygens (including phenoxy) is 2. The van der Waals surface area contributed by atoms with Crippen molar-refractivity contribution in [3.63, 3.8) is 0 Å². The van der Waals surface area contributed by atoms with E-state index in [-0.39, 0.29) is 12.4 Å². The molecule has 0 saturated heterocycles. The summed E-state index contributed by atoms with van der Waals surface area (Å²) >= 11 is 0. The van der Waals surface area contributed by atoms with E-state index in [9.17, 15) is 4.39 Å². The molecular formula is C13H16FN3O3. The van der Waals surface area contributed by atoms with E-state index in [2.05, 4.69) is 20.0 Å². The van der Waals surface area contributed by atoms with Gasteiger partial charge in [0.25, 0.3) is 0 Å². The predicted molar refractivity (Wildman–Crippen MR) is 68.6 cm³/mol. The normalized spacial score (nSPS) is 10.7. The molecule has 108 valence electrons. The molecule has 0 fully saturated rings. The number of nitrogens with zero attached hydrogens (tertiary/aromatic N) is 2. The van der Waals surface area contributed by atoms with Gasteiger partial charge in [-0.25, -0.2) is 4.39 Å². The molecule has 7 heteroatoms. The highest BCUT2D eigenvalue weighted by atomic mass is 19.1. The quantitative estimate of drug-likeness (QED) is 0.740. The van der Waals surface area contributed by atoms with E-state index in [1.807, 2.05) is 0 Å². The van der Waals surface area contributed by atoms with Gasteiger partial charge in [-0.15, -0.1) is 0 Å². The molecule has 20 heavy (non-hydrogen) atoms. The van der Waals surface area contributed by atoms with Gasteiger partial charge in [-0.2, -0.15) is 4.98 Å². The predicted octanol–water partition coefficient (Wildman–Crippen LogP) is 1.52. The van der Waals surface area contributed by atoms with Crippen LogP contribution in [0.15, 0.2) is 29.1 Å². The molecule has 1 N–H and O–H groups in total. The Bertz CT molecular complexity index is 520. The van der Waals surface area contributed by atoms with Gasteiger partial charge >= 0.3 is 0 Å². The van der Waals surface area contributed by atoms with Crippen LogP contribution < -0.4 is 10.1 Å². The standard InChI is InChI=1S/C13H16FN3O3/c1-18-5-4-15-7-10-6-11(14)2-3-12(10)19-8-13-16-9-20-17-13/h2-3,6,9,15H,4-5,7-8H2,1H3. The third-order valence-corrected chi connectivity index (χ3v) is 2.58. The second-order valence-electron chi connectivity index (χ2n) is 4.06. The van der Waals surface area contributed by atoms with Crippen molar-refractivity contribution in [1.82, 2.24) is 15.5 Å². The van der Waals surface area contributed by atoms with E-state index in [4.69, 9.17) is 9.47 Å². The van der Waals surface area contributed by atoms with Crippen LogP contribution in [-0.2, 0) is 17.9 Å². The average Bonchev–Trinajstić information content (AvgIpc) is 2.96. The lowest BCUT2D eigenvalue weighted by atomic mass is 10.2. The molecule has 0 amide bonds. The Hall–Kier alpha value is -1.99. The Morgan fingerprint density at radius 3 is 3.05 bits per heavy atom. The van der Waals surface area contributed by atoms with E-state index in [0.29, 0.717) is 31.3 Å². The van der Waals surface area contributed by atoms with Crippen molar-refractivity contribution < 1.29 is 18.4 Å². The average molecular weight is 281 g/mol. The Balaban J connectivity index is 1.95. The van der Waals surface area contributed by atoms with Gasteiger partial charge in [0.15, 0.2) is 6.61 Å². The van der Waals surface area contributed by atoms with E-state index < -0.39 is 0 Å². The first-order chi connectivity index (χ1) is 9.79. The molecule has 0 aliphatic heterocycles. The molecule has 0 atom stereocenters. The number of hydrogen-bond donors (Lipinski definition) is 1. The molecule has 0 radical (unpaired) electrons. The summed E-state index contributed by atoms with van der Waals surface area (Å²) in [6.45, 7) is 1.93. The summed E-state index contributed by atoms with van der Waals surface area (Å²) in [5.41, 5.74) is 0.726. The zero-order valence-electron chi connectivity index (χ0n) is 11.1. The minimum absolute atomic E-state index is 0.174. The molecule has 0 unspecified atom stereocenters. The van der Waals surface area contributed by atoms with Crippen molar-refractivity contribution in [2.75, 3.05) is 20.3 Å². The van der Waals surface area contributed by atoms with Crippen LogP contribution >= 0.6 is 0 Å². The van der Waals surface area contributed by atoms with Crippen LogP contribution in [0.2, 0.25) is 0 Å². The molecule has 2 aromatic rings. The highest BCUT2D eigenvalue weighted by Gasteiger charge is 2.07. The Morgan fingerprint density at radius 2 is 2.30 bits per heavy atom. The summed E-state index contributed by atoms with van der Waals surface area (Å²) in [4.78, 5) is 3.86. The highest BCUT2D eigenvalue weighted by Crippen LogP contribution is 2.20. The monoisotopic (exact) mass is 281 g/mol. The van der Waals surface area contributed by atoms with Gasteiger partial charge in [0.05, 0.1) is 6.61 Å². The smallest absolute Gasteiger partial charge is 0.213 e. The van der Waals surface area contributed by atoms with Crippen molar-refractivity contribution in [2.45, 2.75) is 13.2 Å². The van der Waals surface area contributed by atoms with E-state index in [1.54, 1.807) is 13.2 Å². The minimum atomic E-state index is -0.305. The van der Waals surface area contributed by atoms with Crippen molar-refractivity contribution in [3.05, 3.63) is 41.8 Å². The zero-order valence-corrected chi connectivity index (χ0v) is 11.1. The molecule has 0 bridgehead atoms. The molecule has 0 saturated carbocycles. The third-order valence-electron chi connectivity index (χ3n) is 2.58. The van der Waals surface area contributed by atoms with Crippen molar-refractivity contribution in [3.8, 4) is 5.75 Å². The van der Waals surface area contributed by atoms with Crippen molar-refractivity contribution >= 4 is 0 Å². The van der Waals surface area contributed by atoms with Gasteiger partial charge < -0.3 is 19.3 Å². The summed E-state index contributed by atoms with van der Waals surface area (Å²) in [5, 5.41) is 6.79. The van der Waals surface area contributed by atoms with Gasteiger partial charge in [-0.1, -0.05) is 5.16 Å². The lowest BCUT2D eigenvalue weighted by Gasteiger charge is -2.11. The first-order valence-electron chi connectivity index (χ1n) is 6.15. The second-order valence-corrected chi connectivity index (χ2v) is 4.06. The molecule has 0 spiro atoms. The van der Waals surface area contributed by atoms with Crippen LogP contribution in [0, 0.1) is 5.82 Å². The maximum Gasteiger partial charge on any atom is 0.213 e. The lowest BCUT2D eigenvalue weighted by Crippen LogP contribution is -2.19. The van der Waals surface area contributed by atoms with Crippen LogP contribution in [-0.4, -0.2) is 30.4 Å². The van der Waals surface area contributed by atoms with Crippen molar-refractivity contribution in [1.29, 1.82) is 0 Å². The van der Waals surface area contributed by atoms with Gasteiger partial charge in [0, 0.05) is 25.8 Å². The summed E-state index contributed by atoms with van der Waals surface area (Å²) in [5.74, 6) is 0.717. The van der Waals surface area contributed by atoms with Crippen LogP contribution in [0.1, 0.15) is 11.4 Å². The molecule has 0 aliphatic carbocycles. The Kier molecular flexibility index (Phi) is 5.45. The van der Waals surface area contributed by atoms with Gasteiger partial charge in [0.1, 0.15) is 11.6 Å².